The van der Waals surface area contributed by atoms with E-state index in [9.17, 15) is 0 Å². The zero-order valence-electron chi connectivity index (χ0n) is 8.00. The van der Waals surface area contributed by atoms with Crippen LogP contribution in [0.4, 0.5) is 0 Å². The molecule has 0 rings (SSSR count). The van der Waals surface area contributed by atoms with Gasteiger partial charge in [-0.15, -0.1) is 0 Å². The molecule has 0 spiro atoms. The minimum Gasteiger partial charge on any atom is 0 e. The second-order valence-electron chi connectivity index (χ2n) is 0. The van der Waals surface area contributed by atoms with Crippen LogP contribution in [-0.2, 0) is 0 Å². The number of hydrogen-bond acceptors (Lipinski definition) is 0. The van der Waals surface area contributed by atoms with Crippen LogP contribution in [0.2, 0.25) is 0 Å². The van der Waals surface area contributed by atoms with Crippen LogP contribution in [0.15, 0.2) is 0 Å². The van der Waals surface area contributed by atoms with Gasteiger partial charge in [0.25, 0.3) is 0 Å². The van der Waals surface area contributed by atoms with Crippen molar-refractivity contribution in [2.45, 2.75) is 0 Å². The Morgan fingerprint density at radius 2 is 0.125 bits per heavy atom. The second-order valence-corrected chi connectivity index (χ2v) is 0. The molecule has 0 amide bonds. The summed E-state index contributed by atoms with van der Waals surface area (Å²) in [5.41, 5.74) is 0. The van der Waals surface area contributed by atoms with E-state index in [0.717, 1.165) is 0 Å². The van der Waals surface area contributed by atoms with E-state index >= 15 is 0 Å². The minimum absolute atomic E-state index is 0. The van der Waals surface area contributed by atoms with E-state index in [0.29, 0.717) is 0 Å². The molecule has 0 aliphatic heterocycles. The Bertz CT molecular complexity index is 0. The zero-order valence-corrected chi connectivity index (χ0v) is 24.0. The Hall–Kier alpha value is 8.00. The van der Waals surface area contributed by atoms with Crippen LogP contribution in [-0.4, -0.2) is 236 Å². The maximum atomic E-state index is 0. The predicted molar refractivity (Wildman–Crippen MR) is 46.0 cm³/mol. The third kappa shape index (κ3) is 37.0. The topological polar surface area (TPSA) is 0 Å². The maximum absolute atomic E-state index is 0. The molecule has 8 valence electrons. The van der Waals surface area contributed by atoms with Crippen molar-refractivity contribution >= 4 is 236 Å². The molecule has 0 bridgehead atoms. The van der Waals surface area contributed by atoms with E-state index in [-0.39, 0.29) is 236 Å². The predicted octanol–water partition coefficient (Wildman–Crippen LogP) is -3.05. The summed E-state index contributed by atoms with van der Waals surface area (Å²) < 4.78 is 0. The first-order chi connectivity index (χ1) is 0. The third-order valence-corrected chi connectivity index (χ3v) is 0. The van der Waals surface area contributed by atoms with Crippen molar-refractivity contribution in [2.75, 3.05) is 0 Å². The van der Waals surface area contributed by atoms with Crippen LogP contribution >= 0.6 is 0 Å². The Labute approximate surface area is 229 Å². The van der Waals surface area contributed by atoms with Gasteiger partial charge in [0.05, 0.1) is 0 Å². The van der Waals surface area contributed by atoms with Crippen molar-refractivity contribution < 1.29 is 0 Å². The van der Waals surface area contributed by atoms with Crippen molar-refractivity contribution in [3.8, 4) is 0 Å². The van der Waals surface area contributed by atoms with Gasteiger partial charge in [0.15, 0.2) is 0 Å². The summed E-state index contributed by atoms with van der Waals surface area (Å²) in [6, 6.07) is 0. The van der Waals surface area contributed by atoms with E-state index in [2.05, 4.69) is 0 Å². The summed E-state index contributed by atoms with van der Waals surface area (Å²) in [4.78, 5) is 0. The van der Waals surface area contributed by atoms with E-state index in [1.54, 1.807) is 0 Å². The van der Waals surface area contributed by atoms with Crippen LogP contribution in [0, 0.1) is 0 Å². The van der Waals surface area contributed by atoms with Gasteiger partial charge in [-0.25, -0.2) is 0 Å². The molecule has 0 heterocycles. The summed E-state index contributed by atoms with van der Waals surface area (Å²) in [5, 5.41) is 0. The molecule has 0 aromatic heterocycles. The molecule has 0 atom stereocenters. The molecule has 0 saturated heterocycles. The van der Waals surface area contributed by atoms with Crippen molar-refractivity contribution in [3.63, 3.8) is 0 Å². The quantitative estimate of drug-likeness (QED) is 0.351. The summed E-state index contributed by atoms with van der Waals surface area (Å²) in [7, 11) is 0. The van der Waals surface area contributed by atoms with Crippen molar-refractivity contribution in [1.82, 2.24) is 0 Å². The van der Waals surface area contributed by atoms with Crippen molar-refractivity contribution in [3.05, 3.63) is 0 Å². The van der Waals surface area contributed by atoms with Crippen LogP contribution in [0.3, 0.4) is 0 Å². The normalized spacial score (nSPS) is 0. The third-order valence-electron chi connectivity index (χ3n) is 0. The summed E-state index contributed by atoms with van der Waals surface area (Å²) in [5.74, 6) is 0. The molecule has 0 saturated carbocycles. The van der Waals surface area contributed by atoms with Crippen LogP contribution in [0.5, 0.6) is 0 Å². The molecule has 8 heavy (non-hydrogen) atoms. The molecule has 8 heteroatoms. The van der Waals surface area contributed by atoms with Gasteiger partial charge in [-0.05, 0) is 0 Å². The van der Waals surface area contributed by atoms with Gasteiger partial charge >= 0.3 is 0 Å². The SMILES string of the molecule is [Na].[Na].[Na].[Na].[Na].[Na].[Na].[Na]. The first-order valence-corrected chi connectivity index (χ1v) is 0. The zero-order chi connectivity index (χ0) is 0. The molecular formula is Na8. The van der Waals surface area contributed by atoms with E-state index in [1.807, 2.05) is 0 Å². The van der Waals surface area contributed by atoms with Gasteiger partial charge in [0.2, 0.25) is 0 Å². The number of rotatable bonds is 0. The monoisotopic (exact) mass is 184 g/mol. The van der Waals surface area contributed by atoms with Gasteiger partial charge < -0.3 is 0 Å². The molecule has 0 aromatic carbocycles. The number of hydrogen-bond donors (Lipinski definition) is 0. The van der Waals surface area contributed by atoms with Crippen LogP contribution in [0.25, 0.3) is 0 Å². The maximum Gasteiger partial charge on any atom is 0 e. The Kier molecular flexibility index (Phi) is 323. The Balaban J connectivity index is 0. The fourth-order valence-electron chi connectivity index (χ4n) is 0. The van der Waals surface area contributed by atoms with Crippen LogP contribution in [0.1, 0.15) is 0 Å². The van der Waals surface area contributed by atoms with E-state index < -0.39 is 0 Å². The molecule has 0 nitrogen and oxygen atoms in total. The molecule has 0 fully saturated rings. The van der Waals surface area contributed by atoms with Gasteiger partial charge in [0.1, 0.15) is 0 Å². The average Bonchev–Trinajstić information content (AvgIpc) is 0. The van der Waals surface area contributed by atoms with Gasteiger partial charge in [0, 0.05) is 236 Å². The molecular weight excluding hydrogens is 184 g/mol. The van der Waals surface area contributed by atoms with Gasteiger partial charge in [-0.1, -0.05) is 0 Å². The summed E-state index contributed by atoms with van der Waals surface area (Å²) in [6.07, 6.45) is 0. The summed E-state index contributed by atoms with van der Waals surface area (Å²) >= 11 is 0. The molecule has 0 unspecified atom stereocenters. The largest absolute Gasteiger partial charge is 0 e. The fraction of sp³-hybridized carbons (Fsp3) is 0. The second kappa shape index (κ2) is 45.9. The smallest absolute Gasteiger partial charge is 0 e. The van der Waals surface area contributed by atoms with E-state index in [4.69, 9.17) is 0 Å². The average molecular weight is 184 g/mol. The van der Waals surface area contributed by atoms with Gasteiger partial charge in [-0.3, -0.25) is 0 Å². The first kappa shape index (κ1) is 56.2. The molecule has 0 aromatic rings. The van der Waals surface area contributed by atoms with Crippen LogP contribution < -0.4 is 0 Å². The summed E-state index contributed by atoms with van der Waals surface area (Å²) in [6.45, 7) is 0. The van der Waals surface area contributed by atoms with Gasteiger partial charge in [-0.2, -0.15) is 0 Å². The fourth-order valence-corrected chi connectivity index (χ4v) is 0. The Morgan fingerprint density at radius 3 is 0.125 bits per heavy atom. The van der Waals surface area contributed by atoms with Crippen molar-refractivity contribution in [1.29, 1.82) is 0 Å². The Morgan fingerprint density at radius 1 is 0.125 bits per heavy atom. The molecule has 0 N–H and O–H groups in total. The van der Waals surface area contributed by atoms with Crippen molar-refractivity contribution in [2.24, 2.45) is 0 Å². The minimum atomic E-state index is 0. The molecule has 8 radical (unpaired) electrons. The standard InChI is InChI=1S/8Na. The van der Waals surface area contributed by atoms with E-state index in [1.165, 1.54) is 0 Å². The molecule has 0 aliphatic carbocycles. The molecule has 0 aliphatic rings. The first-order valence-electron chi connectivity index (χ1n) is 0.